The average molecular weight is 307 g/mol. The Kier molecular flexibility index (Phi) is 3.56. The second-order valence-electron chi connectivity index (χ2n) is 4.20. The number of rotatable bonds is 1. The van der Waals surface area contributed by atoms with Crippen LogP contribution in [0.15, 0.2) is 42.6 Å². The van der Waals surface area contributed by atoms with Crippen LogP contribution in [0.4, 0.5) is 26.3 Å². The molecule has 0 N–H and O–H groups in total. The molecular formula is C13H7F6NO. The Labute approximate surface area is 114 Å². The number of alkyl halides is 6. The second kappa shape index (κ2) is 4.94. The van der Waals surface area contributed by atoms with Crippen LogP contribution >= 0.6 is 0 Å². The molecule has 2 aromatic rings. The molecule has 0 aliphatic carbocycles. The summed E-state index contributed by atoms with van der Waals surface area (Å²) >= 11 is 0. The van der Waals surface area contributed by atoms with Crippen molar-refractivity contribution in [3.63, 3.8) is 0 Å². The lowest BCUT2D eigenvalue weighted by Gasteiger charge is -2.10. The van der Waals surface area contributed by atoms with Crippen molar-refractivity contribution >= 4 is 0 Å². The first kappa shape index (κ1) is 15.1. The highest BCUT2D eigenvalue weighted by molar-refractivity contribution is 5.57. The zero-order valence-electron chi connectivity index (χ0n) is 10.2. The van der Waals surface area contributed by atoms with Crippen molar-refractivity contribution in [1.82, 2.24) is 0 Å². The third-order valence-corrected chi connectivity index (χ3v) is 2.75. The predicted molar refractivity (Wildman–Crippen MR) is 60.8 cm³/mol. The summed E-state index contributed by atoms with van der Waals surface area (Å²) in [5.74, 6) is 0. The molecule has 2 rings (SSSR count). The molecule has 0 saturated heterocycles. The van der Waals surface area contributed by atoms with Crippen molar-refractivity contribution in [2.45, 2.75) is 12.4 Å². The van der Waals surface area contributed by atoms with Crippen molar-refractivity contribution < 1.29 is 31.1 Å². The fourth-order valence-electron chi connectivity index (χ4n) is 1.70. The Morgan fingerprint density at radius 2 is 1.19 bits per heavy atom. The summed E-state index contributed by atoms with van der Waals surface area (Å²) in [5.41, 5.74) is -2.12. The van der Waals surface area contributed by atoms with E-state index < -0.39 is 23.5 Å². The topological polar surface area (TPSA) is 26.9 Å². The van der Waals surface area contributed by atoms with Crippen LogP contribution in [-0.2, 0) is 12.4 Å². The molecular weight excluding hydrogens is 300 g/mol. The zero-order chi connectivity index (χ0) is 15.8. The van der Waals surface area contributed by atoms with Gasteiger partial charge in [-0.2, -0.15) is 31.1 Å². The van der Waals surface area contributed by atoms with Gasteiger partial charge in [0.05, 0.1) is 5.56 Å². The van der Waals surface area contributed by atoms with Gasteiger partial charge in [0, 0.05) is 11.6 Å². The van der Waals surface area contributed by atoms with Crippen LogP contribution in [0.5, 0.6) is 0 Å². The molecule has 8 heteroatoms. The average Bonchev–Trinajstić information content (AvgIpc) is 2.36. The van der Waals surface area contributed by atoms with Crippen molar-refractivity contribution in [2.75, 3.05) is 0 Å². The summed E-state index contributed by atoms with van der Waals surface area (Å²) in [6.45, 7) is 0. The van der Waals surface area contributed by atoms with Gasteiger partial charge >= 0.3 is 12.4 Å². The molecule has 112 valence electrons. The molecule has 2 nitrogen and oxygen atoms in total. The molecule has 0 amide bonds. The summed E-state index contributed by atoms with van der Waals surface area (Å²) in [6, 6.07) is 5.18. The van der Waals surface area contributed by atoms with Crippen LogP contribution in [0.25, 0.3) is 11.3 Å². The molecule has 0 spiro atoms. The smallest absolute Gasteiger partial charge is 0.422 e. The molecule has 1 heterocycles. The summed E-state index contributed by atoms with van der Waals surface area (Å²) in [6.07, 6.45) is -8.84. The Morgan fingerprint density at radius 1 is 0.714 bits per heavy atom. The maximum Gasteiger partial charge on any atom is 0.422 e. The lowest BCUT2D eigenvalue weighted by Crippen LogP contribution is -2.30. The van der Waals surface area contributed by atoms with E-state index in [0.29, 0.717) is 12.3 Å². The second-order valence-corrected chi connectivity index (χ2v) is 4.20. The Hall–Kier alpha value is -2.25. The van der Waals surface area contributed by atoms with E-state index in [9.17, 15) is 31.5 Å². The minimum Gasteiger partial charge on any atom is -0.618 e. The standard InChI is InChI=1S/C13H7F6NO/c14-12(15,16)9-3-1-8(2-4-9)11-6-5-10(7-20(11)21)13(17,18)19/h1-7H. The summed E-state index contributed by atoms with van der Waals surface area (Å²) < 4.78 is 74.4. The highest BCUT2D eigenvalue weighted by atomic mass is 19.4. The SMILES string of the molecule is [O-][n+]1cc(C(F)(F)F)ccc1-c1ccc(C(F)(F)F)cc1. The van der Waals surface area contributed by atoms with E-state index in [4.69, 9.17) is 0 Å². The van der Waals surface area contributed by atoms with Crippen molar-refractivity contribution in [2.24, 2.45) is 0 Å². The first-order valence-electron chi connectivity index (χ1n) is 5.57. The maximum atomic E-state index is 12.4. The fourth-order valence-corrected chi connectivity index (χ4v) is 1.70. The lowest BCUT2D eigenvalue weighted by molar-refractivity contribution is -0.595. The van der Waals surface area contributed by atoms with Crippen LogP contribution in [0, 0.1) is 5.21 Å². The van der Waals surface area contributed by atoms with Gasteiger partial charge in [-0.05, 0) is 30.3 Å². The zero-order valence-corrected chi connectivity index (χ0v) is 10.2. The van der Waals surface area contributed by atoms with Gasteiger partial charge in [0.15, 0.2) is 6.20 Å². The van der Waals surface area contributed by atoms with Gasteiger partial charge in [0.1, 0.15) is 5.56 Å². The van der Waals surface area contributed by atoms with Gasteiger partial charge in [-0.25, -0.2) is 0 Å². The molecule has 0 radical (unpaired) electrons. The number of hydrogen-bond donors (Lipinski definition) is 0. The summed E-state index contributed by atoms with van der Waals surface area (Å²) in [7, 11) is 0. The highest BCUT2D eigenvalue weighted by Crippen LogP contribution is 2.31. The Morgan fingerprint density at radius 3 is 1.62 bits per heavy atom. The van der Waals surface area contributed by atoms with Crippen molar-refractivity contribution in [1.29, 1.82) is 0 Å². The summed E-state index contributed by atoms with van der Waals surface area (Å²) in [5, 5.41) is 11.6. The van der Waals surface area contributed by atoms with E-state index in [1.54, 1.807) is 0 Å². The fraction of sp³-hybridized carbons (Fsp3) is 0.154. The Bertz CT molecular complexity index is 645. The number of pyridine rings is 1. The monoisotopic (exact) mass is 307 g/mol. The molecule has 0 aliphatic rings. The van der Waals surface area contributed by atoms with Crippen LogP contribution < -0.4 is 4.73 Å². The van der Waals surface area contributed by atoms with Gasteiger partial charge < -0.3 is 5.21 Å². The van der Waals surface area contributed by atoms with Gasteiger partial charge in [-0.15, -0.1) is 0 Å². The molecule has 0 saturated carbocycles. The van der Waals surface area contributed by atoms with Crippen molar-refractivity contribution in [3.05, 3.63) is 58.9 Å². The molecule has 0 bridgehead atoms. The van der Waals surface area contributed by atoms with Crippen LogP contribution in [-0.4, -0.2) is 0 Å². The predicted octanol–water partition coefficient (Wildman–Crippen LogP) is 4.02. The first-order valence-corrected chi connectivity index (χ1v) is 5.57. The largest absolute Gasteiger partial charge is 0.618 e. The van der Waals surface area contributed by atoms with Crippen LogP contribution in [0.3, 0.4) is 0 Å². The van der Waals surface area contributed by atoms with Gasteiger partial charge in [0.25, 0.3) is 0 Å². The molecule has 0 fully saturated rings. The van der Waals surface area contributed by atoms with Crippen LogP contribution in [0.2, 0.25) is 0 Å². The molecule has 0 aliphatic heterocycles. The minimum atomic E-state index is -4.66. The molecule has 0 unspecified atom stereocenters. The van der Waals surface area contributed by atoms with Gasteiger partial charge in [-0.3, -0.25) is 0 Å². The lowest BCUT2D eigenvalue weighted by atomic mass is 10.1. The Balaban J connectivity index is 2.39. The van der Waals surface area contributed by atoms with Gasteiger partial charge in [-0.1, -0.05) is 0 Å². The maximum absolute atomic E-state index is 12.4. The van der Waals surface area contributed by atoms with Crippen molar-refractivity contribution in [3.8, 4) is 11.3 Å². The highest BCUT2D eigenvalue weighted by Gasteiger charge is 2.34. The number of benzene rings is 1. The van der Waals surface area contributed by atoms with E-state index >= 15 is 0 Å². The number of aromatic nitrogens is 1. The molecule has 1 aromatic heterocycles. The number of nitrogens with zero attached hydrogens (tertiary/aromatic N) is 1. The van der Waals surface area contributed by atoms with Crippen LogP contribution in [0.1, 0.15) is 11.1 Å². The third kappa shape index (κ3) is 3.26. The third-order valence-electron chi connectivity index (χ3n) is 2.75. The van der Waals surface area contributed by atoms with E-state index in [0.717, 1.165) is 30.3 Å². The number of halogens is 6. The van der Waals surface area contributed by atoms with E-state index in [1.807, 2.05) is 0 Å². The number of hydrogen-bond acceptors (Lipinski definition) is 1. The molecule has 0 atom stereocenters. The normalized spacial score (nSPS) is 12.5. The van der Waals surface area contributed by atoms with Gasteiger partial charge in [0.2, 0.25) is 5.69 Å². The summed E-state index contributed by atoms with van der Waals surface area (Å²) in [4.78, 5) is 0. The quantitative estimate of drug-likeness (QED) is 0.444. The van der Waals surface area contributed by atoms with E-state index in [1.165, 1.54) is 0 Å². The first-order chi connectivity index (χ1) is 9.59. The van der Waals surface area contributed by atoms with E-state index in [2.05, 4.69) is 0 Å². The van der Waals surface area contributed by atoms with E-state index in [-0.39, 0.29) is 16.0 Å². The molecule has 1 aromatic carbocycles. The molecule has 21 heavy (non-hydrogen) atoms. The minimum absolute atomic E-state index is 0.0224.